The van der Waals surface area contributed by atoms with E-state index in [0.717, 1.165) is 63.9 Å². The monoisotopic (exact) mass is 550 g/mol. The highest BCUT2D eigenvalue weighted by atomic mass is 16.3. The third-order valence-corrected chi connectivity index (χ3v) is 7.82. The van der Waals surface area contributed by atoms with Crippen molar-refractivity contribution in [2.24, 2.45) is 0 Å². The number of amides is 1. The quantitative estimate of drug-likeness (QED) is 0.215. The maximum atomic E-state index is 12.9. The van der Waals surface area contributed by atoms with Crippen LogP contribution in [0, 0.1) is 0 Å². The van der Waals surface area contributed by atoms with Crippen molar-refractivity contribution in [1.82, 2.24) is 19.9 Å². The number of fused-ring (bicyclic) bond motifs is 5. The molecule has 7 aromatic rings. The van der Waals surface area contributed by atoms with E-state index in [9.17, 15) is 4.79 Å². The average Bonchev–Trinajstić information content (AvgIpc) is 3.67. The zero-order chi connectivity index (χ0) is 28.0. The highest BCUT2D eigenvalue weighted by Gasteiger charge is 2.16. The summed E-state index contributed by atoms with van der Waals surface area (Å²) in [5.41, 5.74) is 8.93. The molecule has 3 N–H and O–H groups in total. The number of rotatable bonds is 5. The Morgan fingerprint density at radius 2 is 1.71 bits per heavy atom. The van der Waals surface area contributed by atoms with Gasteiger partial charge in [0.1, 0.15) is 11.2 Å². The number of benzene rings is 4. The highest BCUT2D eigenvalue weighted by Crippen LogP contribution is 2.36. The molecule has 3 aromatic heterocycles. The van der Waals surface area contributed by atoms with E-state index in [0.29, 0.717) is 17.2 Å². The molecule has 0 saturated heterocycles. The Labute approximate surface area is 241 Å². The number of aromatic nitrogens is 3. The summed E-state index contributed by atoms with van der Waals surface area (Å²) in [5, 5.41) is 16.4. The largest absolute Gasteiger partial charge is 0.455 e. The SMILES string of the molecule is O=C(Nc1ccc(Nc2nc(-c3cccc4c3oc3ccccc34)cc3ccnn23)cc1)c1ccc2c(c1)CCNC2. The predicted octanol–water partition coefficient (Wildman–Crippen LogP) is 6.94. The molecule has 0 atom stereocenters. The van der Waals surface area contributed by atoms with Crippen molar-refractivity contribution in [3.8, 4) is 11.3 Å². The Morgan fingerprint density at radius 1 is 0.857 bits per heavy atom. The van der Waals surface area contributed by atoms with Crippen molar-refractivity contribution in [3.05, 3.63) is 120 Å². The van der Waals surface area contributed by atoms with E-state index in [-0.39, 0.29) is 5.91 Å². The third-order valence-electron chi connectivity index (χ3n) is 7.82. The molecule has 8 rings (SSSR count). The van der Waals surface area contributed by atoms with E-state index in [4.69, 9.17) is 9.40 Å². The first-order valence-corrected chi connectivity index (χ1v) is 14.0. The average molecular weight is 551 g/mol. The number of nitrogens with one attached hydrogen (secondary N) is 3. The molecular formula is C34H26N6O2. The molecule has 0 saturated carbocycles. The minimum Gasteiger partial charge on any atom is -0.455 e. The van der Waals surface area contributed by atoms with Crippen molar-refractivity contribution in [2.45, 2.75) is 13.0 Å². The smallest absolute Gasteiger partial charge is 0.255 e. The first-order chi connectivity index (χ1) is 20.7. The number of anilines is 3. The summed E-state index contributed by atoms with van der Waals surface area (Å²) in [7, 11) is 0. The minimum atomic E-state index is -0.121. The number of hydrogen-bond donors (Lipinski definition) is 3. The molecule has 0 aliphatic carbocycles. The minimum absolute atomic E-state index is 0.121. The Kier molecular flexibility index (Phi) is 5.72. The van der Waals surface area contributed by atoms with Crippen LogP contribution >= 0.6 is 0 Å². The van der Waals surface area contributed by atoms with Crippen molar-refractivity contribution in [3.63, 3.8) is 0 Å². The number of carbonyl (C=O) groups excluding carboxylic acids is 1. The summed E-state index contributed by atoms with van der Waals surface area (Å²) in [5.74, 6) is 0.449. The van der Waals surface area contributed by atoms with Gasteiger partial charge in [0, 0.05) is 39.8 Å². The lowest BCUT2D eigenvalue weighted by Crippen LogP contribution is -2.24. The van der Waals surface area contributed by atoms with Gasteiger partial charge >= 0.3 is 0 Å². The fourth-order valence-corrected chi connectivity index (χ4v) is 5.69. The fourth-order valence-electron chi connectivity index (χ4n) is 5.69. The molecule has 0 unspecified atom stereocenters. The van der Waals surface area contributed by atoms with Crippen LogP contribution in [0.15, 0.2) is 108 Å². The van der Waals surface area contributed by atoms with Crippen molar-refractivity contribution in [2.75, 3.05) is 17.2 Å². The normalized spacial score (nSPS) is 13.0. The summed E-state index contributed by atoms with van der Waals surface area (Å²) in [6.07, 6.45) is 2.69. The van der Waals surface area contributed by atoms with Gasteiger partial charge in [0.2, 0.25) is 5.95 Å². The van der Waals surface area contributed by atoms with Crippen molar-refractivity contribution in [1.29, 1.82) is 0 Å². The second kappa shape index (κ2) is 9.87. The highest BCUT2D eigenvalue weighted by molar-refractivity contribution is 6.09. The topological polar surface area (TPSA) is 96.5 Å². The maximum absolute atomic E-state index is 12.9. The van der Waals surface area contributed by atoms with Crippen LogP contribution in [0.4, 0.5) is 17.3 Å². The summed E-state index contributed by atoms with van der Waals surface area (Å²) in [4.78, 5) is 17.9. The molecule has 0 bridgehead atoms. The van der Waals surface area contributed by atoms with Gasteiger partial charge in [-0.15, -0.1) is 0 Å². The second-order valence-corrected chi connectivity index (χ2v) is 10.5. The lowest BCUT2D eigenvalue weighted by Gasteiger charge is -2.17. The Bertz CT molecular complexity index is 2130. The van der Waals surface area contributed by atoms with Crippen LogP contribution in [-0.4, -0.2) is 27.0 Å². The Balaban J connectivity index is 1.08. The van der Waals surface area contributed by atoms with Gasteiger partial charge in [-0.3, -0.25) is 4.79 Å². The van der Waals surface area contributed by atoms with Crippen LogP contribution < -0.4 is 16.0 Å². The molecule has 42 heavy (non-hydrogen) atoms. The number of nitrogens with zero attached hydrogens (tertiary/aromatic N) is 3. The van der Waals surface area contributed by atoms with E-state index in [1.165, 1.54) is 11.1 Å². The van der Waals surface area contributed by atoms with Gasteiger partial charge in [0.15, 0.2) is 0 Å². The molecule has 8 nitrogen and oxygen atoms in total. The van der Waals surface area contributed by atoms with Crippen LogP contribution in [0.25, 0.3) is 38.7 Å². The lowest BCUT2D eigenvalue weighted by atomic mass is 9.98. The molecule has 4 heterocycles. The summed E-state index contributed by atoms with van der Waals surface area (Å²) in [6.45, 7) is 1.79. The van der Waals surface area contributed by atoms with E-state index in [2.05, 4.69) is 33.2 Å². The molecule has 204 valence electrons. The number of hydrogen-bond acceptors (Lipinski definition) is 6. The third kappa shape index (κ3) is 4.25. The summed E-state index contributed by atoms with van der Waals surface area (Å²) in [6, 6.07) is 31.7. The van der Waals surface area contributed by atoms with Crippen molar-refractivity contribution >= 4 is 50.7 Å². The second-order valence-electron chi connectivity index (χ2n) is 10.5. The van der Waals surface area contributed by atoms with Gasteiger partial charge in [-0.1, -0.05) is 36.4 Å². The number of carbonyl (C=O) groups is 1. The molecule has 1 aliphatic heterocycles. The standard InChI is InChI=1S/C34H26N6O2/c41-33(22-8-9-23-20-35-16-14-21(23)18-22)37-24-10-12-25(13-11-24)38-34-39-30(19-26-15-17-36-40(26)34)29-6-3-5-28-27-4-1-2-7-31(27)42-32(28)29/h1-13,15,17-19,35H,14,16,20H2,(H,37,41)(H,38,39). The van der Waals surface area contributed by atoms with Gasteiger partial charge in [-0.2, -0.15) is 5.10 Å². The van der Waals surface area contributed by atoms with Gasteiger partial charge in [-0.25, -0.2) is 9.50 Å². The van der Waals surface area contributed by atoms with Gasteiger partial charge in [-0.05, 0) is 84.8 Å². The van der Waals surface area contributed by atoms with Gasteiger partial charge in [0.05, 0.1) is 17.4 Å². The first kappa shape index (κ1) is 24.3. The van der Waals surface area contributed by atoms with E-state index < -0.39 is 0 Å². The summed E-state index contributed by atoms with van der Waals surface area (Å²) >= 11 is 0. The fraction of sp³-hybridized carbons (Fsp3) is 0.0882. The number of para-hydroxylation sites is 2. The number of furan rings is 1. The predicted molar refractivity (Wildman–Crippen MR) is 165 cm³/mol. The van der Waals surface area contributed by atoms with Crippen LogP contribution in [0.3, 0.4) is 0 Å². The van der Waals surface area contributed by atoms with Crippen LogP contribution in [0.5, 0.6) is 0 Å². The molecular weight excluding hydrogens is 524 g/mol. The van der Waals surface area contributed by atoms with Gasteiger partial charge in [0.25, 0.3) is 5.91 Å². The zero-order valence-electron chi connectivity index (χ0n) is 22.6. The van der Waals surface area contributed by atoms with E-state index in [1.54, 1.807) is 10.7 Å². The van der Waals surface area contributed by atoms with Crippen LogP contribution in [0.2, 0.25) is 0 Å². The molecule has 0 spiro atoms. The molecule has 8 heteroatoms. The molecule has 0 radical (unpaired) electrons. The van der Waals surface area contributed by atoms with E-state index in [1.807, 2.05) is 84.9 Å². The molecule has 0 fully saturated rings. The van der Waals surface area contributed by atoms with Crippen LogP contribution in [-0.2, 0) is 13.0 Å². The zero-order valence-corrected chi connectivity index (χ0v) is 22.6. The van der Waals surface area contributed by atoms with Crippen molar-refractivity contribution < 1.29 is 9.21 Å². The molecule has 4 aromatic carbocycles. The lowest BCUT2D eigenvalue weighted by molar-refractivity contribution is 0.102. The molecule has 1 amide bonds. The van der Waals surface area contributed by atoms with E-state index >= 15 is 0 Å². The molecule has 1 aliphatic rings. The first-order valence-electron chi connectivity index (χ1n) is 14.0. The van der Waals surface area contributed by atoms with Crippen LogP contribution in [0.1, 0.15) is 21.5 Å². The Hall–Kier alpha value is -5.47. The maximum Gasteiger partial charge on any atom is 0.255 e. The van der Waals surface area contributed by atoms with Gasteiger partial charge < -0.3 is 20.4 Å². The summed E-state index contributed by atoms with van der Waals surface area (Å²) < 4.78 is 8.04. The Morgan fingerprint density at radius 3 is 2.64 bits per heavy atom.